The molecule has 140 valence electrons. The molecule has 4 rings (SSSR count). The number of carbonyl (C=O) groups excluding carboxylic acids is 1. The van der Waals surface area contributed by atoms with Crippen LogP contribution in [0.1, 0.15) is 43.0 Å². The summed E-state index contributed by atoms with van der Waals surface area (Å²) in [6.07, 6.45) is 6.69. The third kappa shape index (κ3) is 3.31. The molecule has 26 heavy (non-hydrogen) atoms. The maximum Gasteiger partial charge on any atom is 0.262 e. The SMILES string of the molecule is CC1CCCN(C(=O)CSc2nc3sc4c(c3c(=O)n2C)CCCC4)C1. The Hall–Kier alpha value is -1.34. The molecule has 0 saturated carbocycles. The Morgan fingerprint density at radius 1 is 1.31 bits per heavy atom. The molecule has 0 aromatic carbocycles. The van der Waals surface area contributed by atoms with Gasteiger partial charge in [0.25, 0.3) is 5.56 Å². The highest BCUT2D eigenvalue weighted by Gasteiger charge is 2.23. The molecule has 2 aromatic heterocycles. The number of carbonyl (C=O) groups is 1. The fourth-order valence-electron chi connectivity index (χ4n) is 4.03. The van der Waals surface area contributed by atoms with Crippen LogP contribution in [0, 0.1) is 5.92 Å². The van der Waals surface area contributed by atoms with E-state index >= 15 is 0 Å². The fourth-order valence-corrected chi connectivity index (χ4v) is 6.21. The van der Waals surface area contributed by atoms with E-state index in [1.54, 1.807) is 23.0 Å². The third-order valence-electron chi connectivity index (χ3n) is 5.49. The molecule has 1 saturated heterocycles. The van der Waals surface area contributed by atoms with Crippen molar-refractivity contribution in [3.8, 4) is 0 Å². The number of hydrogen-bond acceptors (Lipinski definition) is 5. The van der Waals surface area contributed by atoms with Crippen molar-refractivity contribution in [2.24, 2.45) is 13.0 Å². The Morgan fingerprint density at radius 2 is 2.12 bits per heavy atom. The summed E-state index contributed by atoms with van der Waals surface area (Å²) in [4.78, 5) is 34.3. The van der Waals surface area contributed by atoms with Crippen molar-refractivity contribution in [2.75, 3.05) is 18.8 Å². The van der Waals surface area contributed by atoms with E-state index < -0.39 is 0 Å². The average Bonchev–Trinajstić information content (AvgIpc) is 3.01. The zero-order chi connectivity index (χ0) is 18.3. The van der Waals surface area contributed by atoms with E-state index in [9.17, 15) is 9.59 Å². The van der Waals surface area contributed by atoms with Gasteiger partial charge < -0.3 is 4.90 Å². The van der Waals surface area contributed by atoms with Crippen LogP contribution in [0.3, 0.4) is 0 Å². The van der Waals surface area contributed by atoms with E-state index in [2.05, 4.69) is 6.92 Å². The van der Waals surface area contributed by atoms with Gasteiger partial charge in [-0.2, -0.15) is 0 Å². The quantitative estimate of drug-likeness (QED) is 0.595. The van der Waals surface area contributed by atoms with Gasteiger partial charge in [-0.05, 0) is 50.0 Å². The predicted octanol–water partition coefficient (Wildman–Crippen LogP) is 3.22. The van der Waals surface area contributed by atoms with Gasteiger partial charge in [-0.15, -0.1) is 11.3 Å². The van der Waals surface area contributed by atoms with E-state index in [1.165, 1.54) is 35.0 Å². The summed E-state index contributed by atoms with van der Waals surface area (Å²) in [5.41, 5.74) is 1.26. The summed E-state index contributed by atoms with van der Waals surface area (Å²) in [7, 11) is 1.78. The molecule has 2 aromatic rings. The summed E-state index contributed by atoms with van der Waals surface area (Å²) < 4.78 is 1.63. The maximum atomic E-state index is 12.9. The smallest absolute Gasteiger partial charge is 0.262 e. The van der Waals surface area contributed by atoms with Gasteiger partial charge in [0, 0.05) is 25.0 Å². The molecule has 1 unspecified atom stereocenters. The minimum atomic E-state index is 0.0379. The summed E-state index contributed by atoms with van der Waals surface area (Å²) in [5, 5.41) is 1.47. The molecule has 2 aliphatic rings. The van der Waals surface area contributed by atoms with Crippen LogP contribution in [0.4, 0.5) is 0 Å². The molecule has 1 aliphatic carbocycles. The van der Waals surface area contributed by atoms with Gasteiger partial charge >= 0.3 is 0 Å². The summed E-state index contributed by atoms with van der Waals surface area (Å²) >= 11 is 3.06. The van der Waals surface area contributed by atoms with E-state index in [4.69, 9.17) is 4.98 Å². The standard InChI is InChI=1S/C19H25N3O2S2/c1-12-6-5-9-22(10-12)15(23)11-25-19-20-17-16(18(24)21(19)2)13-7-3-4-8-14(13)26-17/h12H,3-11H2,1-2H3. The largest absolute Gasteiger partial charge is 0.342 e. The molecule has 0 radical (unpaired) electrons. The number of rotatable bonds is 3. The first-order chi connectivity index (χ1) is 12.5. The molecule has 0 spiro atoms. The summed E-state index contributed by atoms with van der Waals surface area (Å²) in [5.74, 6) is 1.08. The van der Waals surface area contributed by atoms with Crippen molar-refractivity contribution < 1.29 is 4.79 Å². The lowest BCUT2D eigenvalue weighted by molar-refractivity contribution is -0.130. The number of aromatic nitrogens is 2. The first-order valence-electron chi connectivity index (χ1n) is 9.46. The molecule has 7 heteroatoms. The second kappa shape index (κ2) is 7.35. The number of fused-ring (bicyclic) bond motifs is 3. The number of aryl methyl sites for hydroxylation is 2. The number of piperidine rings is 1. The number of nitrogens with zero attached hydrogens (tertiary/aromatic N) is 3. The van der Waals surface area contributed by atoms with Crippen LogP contribution < -0.4 is 5.56 Å². The zero-order valence-corrected chi connectivity index (χ0v) is 17.0. The van der Waals surface area contributed by atoms with E-state index in [-0.39, 0.29) is 11.5 Å². The van der Waals surface area contributed by atoms with E-state index in [0.717, 1.165) is 49.0 Å². The Bertz CT molecular complexity index is 902. The highest BCUT2D eigenvalue weighted by Crippen LogP contribution is 2.34. The molecule has 1 fully saturated rings. The number of likely N-dealkylation sites (tertiary alicyclic amines) is 1. The van der Waals surface area contributed by atoms with Crippen LogP contribution in [-0.4, -0.2) is 39.2 Å². The zero-order valence-electron chi connectivity index (χ0n) is 15.4. The lowest BCUT2D eigenvalue weighted by atomic mass is 9.97. The van der Waals surface area contributed by atoms with Gasteiger partial charge in [-0.25, -0.2) is 4.98 Å². The Kier molecular flexibility index (Phi) is 5.10. The highest BCUT2D eigenvalue weighted by molar-refractivity contribution is 7.99. The molecule has 0 bridgehead atoms. The molecule has 0 N–H and O–H groups in total. The van der Waals surface area contributed by atoms with Crippen LogP contribution in [0.5, 0.6) is 0 Å². The Morgan fingerprint density at radius 3 is 2.92 bits per heavy atom. The third-order valence-corrected chi connectivity index (χ3v) is 7.69. The maximum absolute atomic E-state index is 12.9. The number of amides is 1. The van der Waals surface area contributed by atoms with Crippen LogP contribution in [0.15, 0.2) is 9.95 Å². The van der Waals surface area contributed by atoms with Crippen LogP contribution in [0.25, 0.3) is 10.2 Å². The molecule has 3 heterocycles. The minimum Gasteiger partial charge on any atom is -0.342 e. The van der Waals surface area contributed by atoms with Gasteiger partial charge in [-0.3, -0.25) is 14.2 Å². The van der Waals surface area contributed by atoms with Crippen LogP contribution in [-0.2, 0) is 24.7 Å². The van der Waals surface area contributed by atoms with E-state index in [1.807, 2.05) is 4.90 Å². The summed E-state index contributed by atoms with van der Waals surface area (Å²) in [6, 6.07) is 0. The minimum absolute atomic E-state index is 0.0379. The fraction of sp³-hybridized carbons (Fsp3) is 0.632. The number of thioether (sulfide) groups is 1. The van der Waals surface area contributed by atoms with Crippen molar-refractivity contribution in [3.05, 3.63) is 20.8 Å². The monoisotopic (exact) mass is 391 g/mol. The predicted molar refractivity (Wildman–Crippen MR) is 107 cm³/mol. The number of hydrogen-bond donors (Lipinski definition) is 0. The Labute approximate surface area is 161 Å². The van der Waals surface area contributed by atoms with Gasteiger partial charge in [0.2, 0.25) is 5.91 Å². The first-order valence-corrected chi connectivity index (χ1v) is 11.3. The molecular formula is C19H25N3O2S2. The second-order valence-electron chi connectivity index (χ2n) is 7.53. The molecular weight excluding hydrogens is 366 g/mol. The van der Waals surface area contributed by atoms with Crippen molar-refractivity contribution in [1.82, 2.24) is 14.5 Å². The normalized spacial score (nSPS) is 20.4. The second-order valence-corrected chi connectivity index (χ2v) is 9.55. The van der Waals surface area contributed by atoms with Gasteiger partial charge in [0.1, 0.15) is 4.83 Å². The van der Waals surface area contributed by atoms with Gasteiger partial charge in [-0.1, -0.05) is 18.7 Å². The van der Waals surface area contributed by atoms with Crippen molar-refractivity contribution in [1.29, 1.82) is 0 Å². The lowest BCUT2D eigenvalue weighted by Crippen LogP contribution is -2.40. The van der Waals surface area contributed by atoms with Crippen molar-refractivity contribution in [3.63, 3.8) is 0 Å². The average molecular weight is 392 g/mol. The Balaban J connectivity index is 1.56. The highest BCUT2D eigenvalue weighted by atomic mass is 32.2. The topological polar surface area (TPSA) is 55.2 Å². The molecule has 1 aliphatic heterocycles. The summed E-state index contributed by atoms with van der Waals surface area (Å²) in [6.45, 7) is 3.90. The van der Waals surface area contributed by atoms with Crippen molar-refractivity contribution >= 4 is 39.2 Å². The molecule has 1 atom stereocenters. The lowest BCUT2D eigenvalue weighted by Gasteiger charge is -2.30. The van der Waals surface area contributed by atoms with E-state index in [0.29, 0.717) is 16.8 Å². The molecule has 1 amide bonds. The molecule has 5 nitrogen and oxygen atoms in total. The van der Waals surface area contributed by atoms with Gasteiger partial charge in [0.15, 0.2) is 5.16 Å². The van der Waals surface area contributed by atoms with Crippen molar-refractivity contribution in [2.45, 2.75) is 50.6 Å². The van der Waals surface area contributed by atoms with Gasteiger partial charge in [0.05, 0.1) is 11.1 Å². The van der Waals surface area contributed by atoms with Crippen LogP contribution in [0.2, 0.25) is 0 Å². The van der Waals surface area contributed by atoms with Crippen LogP contribution >= 0.6 is 23.1 Å². The first kappa shape index (κ1) is 18.0. The number of thiophene rings is 1.